The zero-order chi connectivity index (χ0) is 43.7. The molecule has 7 atom stereocenters. The van der Waals surface area contributed by atoms with Gasteiger partial charge in [0.1, 0.15) is 29.9 Å². The van der Waals surface area contributed by atoms with Crippen LogP contribution in [-0.2, 0) is 24.5 Å². The molecule has 5 aromatic carbocycles. The number of allylic oxidation sites excluding steroid dienone is 2. The Kier molecular flexibility index (Phi) is 11.4. The van der Waals surface area contributed by atoms with Crippen LogP contribution in [-0.4, -0.2) is 53.1 Å². The van der Waals surface area contributed by atoms with Gasteiger partial charge in [-0.2, -0.15) is 0 Å². The molecule has 0 aromatic heterocycles. The third-order valence-corrected chi connectivity index (χ3v) is 12.8. The molecule has 7 unspecified atom stereocenters. The van der Waals surface area contributed by atoms with E-state index >= 15 is 9.59 Å². The molecule has 2 fully saturated rings. The van der Waals surface area contributed by atoms with Crippen LogP contribution in [0.5, 0.6) is 5.75 Å². The topological polar surface area (TPSA) is 151 Å². The Morgan fingerprint density at radius 1 is 0.857 bits per heavy atom. The fourth-order valence-corrected chi connectivity index (χ4v) is 10.1. The molecule has 11 nitrogen and oxygen atoms in total. The number of rotatable bonds is 9. The van der Waals surface area contributed by atoms with Gasteiger partial charge in [0.25, 0.3) is 0 Å². The Labute approximate surface area is 366 Å². The van der Waals surface area contributed by atoms with E-state index in [4.69, 9.17) is 15.2 Å². The summed E-state index contributed by atoms with van der Waals surface area (Å²) < 4.78 is 12.4. The maximum absolute atomic E-state index is 16.2. The summed E-state index contributed by atoms with van der Waals surface area (Å²) in [4.78, 5) is 63.7. The van der Waals surface area contributed by atoms with Gasteiger partial charge in [0.05, 0.1) is 36.3 Å². The first-order chi connectivity index (χ1) is 30.7. The Balaban J connectivity index is 1.32. The first-order valence-electron chi connectivity index (χ1n) is 21.5. The Bertz CT molecular complexity index is 2640. The number of amides is 4. The molecule has 0 radical (unpaired) electrons. The fourth-order valence-electron chi connectivity index (χ4n) is 10.1. The van der Waals surface area contributed by atoms with Crippen molar-refractivity contribution in [3.05, 3.63) is 178 Å². The van der Waals surface area contributed by atoms with Gasteiger partial charge in [-0.25, -0.2) is 9.69 Å². The molecule has 5 aromatic rings. The van der Waals surface area contributed by atoms with Gasteiger partial charge in [0.2, 0.25) is 11.8 Å². The second-order valence-electron chi connectivity index (χ2n) is 16.5. The van der Waals surface area contributed by atoms with Crippen LogP contribution < -0.4 is 20.7 Å². The molecule has 63 heavy (non-hydrogen) atoms. The van der Waals surface area contributed by atoms with Crippen molar-refractivity contribution >= 4 is 29.5 Å². The fraction of sp³-hybridized carbons (Fsp3) is 0.269. The highest BCUT2D eigenvalue weighted by molar-refractivity contribution is 6.24. The highest BCUT2D eigenvalue weighted by Gasteiger charge is 2.75. The zero-order valence-corrected chi connectivity index (χ0v) is 34.9. The van der Waals surface area contributed by atoms with E-state index in [-0.39, 0.29) is 18.9 Å². The van der Waals surface area contributed by atoms with Gasteiger partial charge in [-0.3, -0.25) is 19.3 Å². The molecule has 4 aliphatic rings. The molecule has 4 amide bonds. The number of carbonyl (C=O) groups is 4. The molecule has 0 saturated carbocycles. The minimum absolute atomic E-state index is 0.00165. The number of nitrogens with zero attached hydrogens (tertiary/aromatic N) is 2. The van der Waals surface area contributed by atoms with Crippen molar-refractivity contribution in [2.75, 3.05) is 18.1 Å². The molecule has 1 spiro atoms. The predicted molar refractivity (Wildman–Crippen MR) is 237 cm³/mol. The molecular formula is C52H48N4O7. The number of esters is 1. The number of carbonyl (C=O) groups excluding carboxylic acids is 4. The molecule has 4 N–H and O–H groups in total. The molecule has 1 aliphatic carbocycles. The van der Waals surface area contributed by atoms with Crippen LogP contribution in [0.3, 0.4) is 0 Å². The molecule has 9 rings (SSSR count). The number of hydrogen-bond acceptors (Lipinski definition) is 8. The lowest BCUT2D eigenvalue weighted by Crippen LogP contribution is -2.55. The van der Waals surface area contributed by atoms with E-state index in [0.29, 0.717) is 28.0 Å². The third-order valence-electron chi connectivity index (χ3n) is 12.8. The summed E-state index contributed by atoms with van der Waals surface area (Å²) >= 11 is 0. The van der Waals surface area contributed by atoms with Crippen LogP contribution in [0.25, 0.3) is 0 Å². The van der Waals surface area contributed by atoms with E-state index in [1.807, 2.05) is 109 Å². The number of anilines is 1. The first kappa shape index (κ1) is 41.4. The van der Waals surface area contributed by atoms with E-state index < -0.39 is 65.4 Å². The zero-order valence-electron chi connectivity index (χ0n) is 34.9. The summed E-state index contributed by atoms with van der Waals surface area (Å²) in [6.45, 7) is 1.59. The molecule has 318 valence electrons. The van der Waals surface area contributed by atoms with Gasteiger partial charge in [0, 0.05) is 5.56 Å². The van der Waals surface area contributed by atoms with Crippen molar-refractivity contribution in [3.63, 3.8) is 0 Å². The summed E-state index contributed by atoms with van der Waals surface area (Å²) in [5.74, 6) is 3.13. The number of hydrogen-bond donors (Lipinski definition) is 3. The average Bonchev–Trinajstić information content (AvgIpc) is 3.78. The lowest BCUT2D eigenvalue weighted by Gasteiger charge is -2.46. The number of morpholine rings is 1. The number of aliphatic hydroxyl groups excluding tert-OH is 1. The number of imide groups is 1. The quantitative estimate of drug-likeness (QED) is 0.102. The van der Waals surface area contributed by atoms with Crippen molar-refractivity contribution in [3.8, 4) is 17.6 Å². The van der Waals surface area contributed by atoms with E-state index in [0.717, 1.165) is 47.3 Å². The number of nitrogens with two attached hydrogens (primary N) is 1. The monoisotopic (exact) mass is 840 g/mol. The van der Waals surface area contributed by atoms with Gasteiger partial charge in [0.15, 0.2) is 0 Å². The van der Waals surface area contributed by atoms with E-state index in [1.54, 1.807) is 36.4 Å². The van der Waals surface area contributed by atoms with Crippen LogP contribution >= 0.6 is 0 Å². The van der Waals surface area contributed by atoms with Gasteiger partial charge in [-0.1, -0.05) is 121 Å². The van der Waals surface area contributed by atoms with Crippen LogP contribution in [0.2, 0.25) is 0 Å². The summed E-state index contributed by atoms with van der Waals surface area (Å²) in [6.07, 6.45) is 5.20. The second kappa shape index (κ2) is 17.4. The Hall–Kier alpha value is -7.00. The third kappa shape index (κ3) is 7.35. The normalized spacial score (nSPS) is 24.3. The first-order valence-corrected chi connectivity index (χ1v) is 21.5. The number of fused-ring (bicyclic) bond motifs is 3. The number of urea groups is 1. The minimum atomic E-state index is -1.99. The lowest BCUT2D eigenvalue weighted by molar-refractivity contribution is -0.178. The van der Waals surface area contributed by atoms with E-state index in [1.165, 1.54) is 0 Å². The smallest absolute Gasteiger partial charge is 0.329 e. The molecule has 11 heteroatoms. The number of ether oxygens (including phenoxy) is 2. The average molecular weight is 841 g/mol. The van der Waals surface area contributed by atoms with Crippen molar-refractivity contribution in [2.24, 2.45) is 11.7 Å². The summed E-state index contributed by atoms with van der Waals surface area (Å²) in [7, 11) is 0. The number of nitrogens with one attached hydrogen (secondary N) is 1. The number of cyclic esters (lactones) is 1. The second-order valence-corrected chi connectivity index (χ2v) is 16.5. The maximum Gasteiger partial charge on any atom is 0.329 e. The largest absolute Gasteiger partial charge is 0.491 e. The van der Waals surface area contributed by atoms with Crippen molar-refractivity contribution in [2.45, 2.75) is 68.3 Å². The minimum Gasteiger partial charge on any atom is -0.491 e. The SMILES string of the molecule is CC(NC(=O)N1C(=O)C2(c3cc(C#CC4=CCCCC4)ccc31)C(C(N)=O)C1C(=O)OC(c3ccccc3)C(c3ccccc3)N1C2c1cccc(OCCO)c1)c1ccccc1. The molecule has 3 aliphatic heterocycles. The number of benzene rings is 5. The summed E-state index contributed by atoms with van der Waals surface area (Å²) in [6, 6.07) is 36.1. The predicted octanol–water partition coefficient (Wildman–Crippen LogP) is 7.53. The van der Waals surface area contributed by atoms with Gasteiger partial charge >= 0.3 is 12.0 Å². The summed E-state index contributed by atoms with van der Waals surface area (Å²) in [5.41, 5.74) is 9.52. The summed E-state index contributed by atoms with van der Waals surface area (Å²) in [5, 5.41) is 12.8. The van der Waals surface area contributed by atoms with E-state index in [2.05, 4.69) is 23.2 Å². The molecule has 0 bridgehead atoms. The lowest BCUT2D eigenvalue weighted by atomic mass is 9.65. The van der Waals surface area contributed by atoms with Crippen LogP contribution in [0.15, 0.2) is 145 Å². The Morgan fingerprint density at radius 3 is 2.24 bits per heavy atom. The Morgan fingerprint density at radius 2 is 1.56 bits per heavy atom. The highest BCUT2D eigenvalue weighted by Crippen LogP contribution is 2.66. The van der Waals surface area contributed by atoms with Crippen LogP contribution in [0.4, 0.5) is 10.5 Å². The van der Waals surface area contributed by atoms with E-state index in [9.17, 15) is 14.7 Å². The molecule has 2 saturated heterocycles. The standard InChI is InChI=1S/C52H48N4O7/c1-33(36-17-8-3-9-18-36)54-51(61)55-42-28-27-35(26-25-34-15-6-2-7-16-34)31-41(42)52(50(55)60)43(48(53)58)45-49(59)63-46(38-21-12-5-13-22-38)44(37-19-10-4-11-20-37)56(45)47(52)39-23-14-24-40(32-39)62-30-29-57/h3-5,8-15,17-24,27-28,31-33,43-47,57H,2,6-7,16,29-30H2,1H3,(H2,53,58)(H,54,61). The number of primary amides is 1. The maximum atomic E-state index is 16.2. The van der Waals surface area contributed by atoms with Crippen molar-refractivity contribution in [1.29, 1.82) is 0 Å². The molecule has 3 heterocycles. The van der Waals surface area contributed by atoms with Crippen LogP contribution in [0, 0.1) is 17.8 Å². The van der Waals surface area contributed by atoms with Crippen LogP contribution in [0.1, 0.15) is 90.2 Å². The van der Waals surface area contributed by atoms with Crippen molar-refractivity contribution < 1.29 is 33.8 Å². The van der Waals surface area contributed by atoms with Crippen molar-refractivity contribution in [1.82, 2.24) is 10.2 Å². The highest BCUT2D eigenvalue weighted by atomic mass is 16.6. The van der Waals surface area contributed by atoms with Gasteiger partial charge < -0.3 is 25.6 Å². The number of aliphatic hydroxyl groups is 1. The van der Waals surface area contributed by atoms with Gasteiger partial charge in [-0.05, 0) is 96.3 Å². The molecular weight excluding hydrogens is 793 g/mol. The van der Waals surface area contributed by atoms with Gasteiger partial charge in [-0.15, -0.1) is 0 Å².